The number of hydrogen-bond acceptors (Lipinski definition) is 4. The molecule has 0 bridgehead atoms. The van der Waals surface area contributed by atoms with Gasteiger partial charge in [0.1, 0.15) is 5.69 Å². The highest BCUT2D eigenvalue weighted by atomic mass is 16.2. The molecule has 2 saturated heterocycles. The molecule has 1 atom stereocenters. The summed E-state index contributed by atoms with van der Waals surface area (Å²) in [4.78, 5) is 28.8. The van der Waals surface area contributed by atoms with Crippen molar-refractivity contribution < 1.29 is 9.59 Å². The second-order valence-electron chi connectivity index (χ2n) is 7.52. The monoisotopic (exact) mass is 333 g/mol. The summed E-state index contributed by atoms with van der Waals surface area (Å²) >= 11 is 0. The zero-order valence-electron chi connectivity index (χ0n) is 15.0. The minimum Gasteiger partial charge on any atom is -0.353 e. The molecule has 3 rings (SSSR count). The lowest BCUT2D eigenvalue weighted by atomic mass is 9.77. The van der Waals surface area contributed by atoms with Crippen LogP contribution in [0, 0.1) is 5.41 Å². The molecule has 0 aromatic carbocycles. The molecule has 1 aromatic rings. The molecule has 1 unspecified atom stereocenters. The molecular weight excluding hydrogens is 306 g/mol. The van der Waals surface area contributed by atoms with Crippen LogP contribution >= 0.6 is 0 Å². The molecule has 0 aliphatic carbocycles. The summed E-state index contributed by atoms with van der Waals surface area (Å²) in [7, 11) is 1.99. The molecule has 0 saturated carbocycles. The van der Waals surface area contributed by atoms with E-state index in [-0.39, 0.29) is 29.3 Å². The normalized spacial score (nSPS) is 22.9. The molecule has 2 aliphatic heterocycles. The third-order valence-electron chi connectivity index (χ3n) is 5.00. The molecule has 1 aromatic heterocycles. The summed E-state index contributed by atoms with van der Waals surface area (Å²) in [5.74, 6) is 0.0846. The molecule has 0 radical (unpaired) electrons. The maximum atomic E-state index is 12.5. The van der Waals surface area contributed by atoms with Crippen LogP contribution in [0.2, 0.25) is 0 Å². The van der Waals surface area contributed by atoms with E-state index in [0.717, 1.165) is 19.5 Å². The SMILES string of the molecule is CCn1ccc(C(=O)N2CC3(CC(C(=O)NC(C)C)N(C)C3)C2)n1. The van der Waals surface area contributed by atoms with Crippen LogP contribution in [0.5, 0.6) is 0 Å². The van der Waals surface area contributed by atoms with Gasteiger partial charge in [-0.2, -0.15) is 5.10 Å². The molecule has 7 heteroatoms. The van der Waals surface area contributed by atoms with Crippen LogP contribution in [0.25, 0.3) is 0 Å². The van der Waals surface area contributed by atoms with Crippen molar-refractivity contribution in [3.63, 3.8) is 0 Å². The van der Waals surface area contributed by atoms with E-state index >= 15 is 0 Å². The Morgan fingerprint density at radius 1 is 1.38 bits per heavy atom. The van der Waals surface area contributed by atoms with E-state index < -0.39 is 0 Å². The van der Waals surface area contributed by atoms with Gasteiger partial charge in [-0.05, 0) is 40.3 Å². The van der Waals surface area contributed by atoms with Crippen molar-refractivity contribution in [2.75, 3.05) is 26.7 Å². The van der Waals surface area contributed by atoms with Gasteiger partial charge in [-0.15, -0.1) is 0 Å². The zero-order valence-corrected chi connectivity index (χ0v) is 15.0. The second kappa shape index (κ2) is 6.20. The van der Waals surface area contributed by atoms with Gasteiger partial charge >= 0.3 is 0 Å². The Labute approximate surface area is 143 Å². The number of aromatic nitrogens is 2. The number of amides is 2. The van der Waals surface area contributed by atoms with Gasteiger partial charge in [0.2, 0.25) is 5.91 Å². The van der Waals surface area contributed by atoms with Gasteiger partial charge in [-0.25, -0.2) is 0 Å². The van der Waals surface area contributed by atoms with Crippen LogP contribution in [0.1, 0.15) is 37.7 Å². The first-order valence-corrected chi connectivity index (χ1v) is 8.67. The van der Waals surface area contributed by atoms with Crippen LogP contribution in [0.15, 0.2) is 12.3 Å². The Morgan fingerprint density at radius 2 is 2.08 bits per heavy atom. The minimum atomic E-state index is -0.0936. The number of aryl methyl sites for hydroxylation is 1. The summed E-state index contributed by atoms with van der Waals surface area (Å²) in [5, 5.41) is 7.28. The number of likely N-dealkylation sites (tertiary alicyclic amines) is 2. The Hall–Kier alpha value is -1.89. The molecule has 1 spiro atoms. The number of carbonyl (C=O) groups is 2. The third-order valence-corrected chi connectivity index (χ3v) is 5.00. The largest absolute Gasteiger partial charge is 0.353 e. The van der Waals surface area contributed by atoms with Crippen LogP contribution < -0.4 is 5.32 Å². The van der Waals surface area contributed by atoms with Crippen LogP contribution in [0.4, 0.5) is 0 Å². The zero-order chi connectivity index (χ0) is 17.5. The Kier molecular flexibility index (Phi) is 4.38. The predicted molar refractivity (Wildman–Crippen MR) is 90.6 cm³/mol. The van der Waals surface area contributed by atoms with Crippen molar-refractivity contribution in [2.45, 2.75) is 45.8 Å². The second-order valence-corrected chi connectivity index (χ2v) is 7.52. The van der Waals surface area contributed by atoms with Gasteiger partial charge in [0.05, 0.1) is 6.04 Å². The lowest BCUT2D eigenvalue weighted by molar-refractivity contribution is -0.125. The molecule has 2 amide bonds. The molecule has 3 heterocycles. The molecule has 2 fully saturated rings. The quantitative estimate of drug-likeness (QED) is 0.875. The first-order chi connectivity index (χ1) is 11.3. The standard InChI is InChI=1S/C17H27N5O2/c1-5-22-7-6-13(19-22)16(24)21-10-17(11-21)8-14(20(4)9-17)15(23)18-12(2)3/h6-7,12,14H,5,8-11H2,1-4H3,(H,18,23). The van der Waals surface area contributed by atoms with Gasteiger partial charge in [-0.3, -0.25) is 19.2 Å². The molecule has 132 valence electrons. The van der Waals surface area contributed by atoms with E-state index in [2.05, 4.69) is 15.3 Å². The van der Waals surface area contributed by atoms with E-state index in [0.29, 0.717) is 18.8 Å². The number of likely N-dealkylation sites (N-methyl/N-ethyl adjacent to an activating group) is 1. The third kappa shape index (κ3) is 3.05. The van der Waals surface area contributed by atoms with Crippen molar-refractivity contribution >= 4 is 11.8 Å². The van der Waals surface area contributed by atoms with E-state index in [9.17, 15) is 9.59 Å². The topological polar surface area (TPSA) is 70.5 Å². The van der Waals surface area contributed by atoms with Gasteiger partial charge < -0.3 is 10.2 Å². The summed E-state index contributed by atoms with van der Waals surface area (Å²) in [6, 6.07) is 1.83. The predicted octanol–water partition coefficient (Wildman–Crippen LogP) is 0.574. The Bertz CT molecular complexity index is 633. The molecule has 2 aliphatic rings. The van der Waals surface area contributed by atoms with E-state index in [4.69, 9.17) is 0 Å². The minimum absolute atomic E-state index is 0.00874. The molecule has 24 heavy (non-hydrogen) atoms. The van der Waals surface area contributed by atoms with Crippen LogP contribution in [0.3, 0.4) is 0 Å². The van der Waals surface area contributed by atoms with Crippen molar-refractivity contribution in [1.82, 2.24) is 24.9 Å². The highest BCUT2D eigenvalue weighted by Crippen LogP contribution is 2.42. The van der Waals surface area contributed by atoms with Gasteiger partial charge in [0, 0.05) is 43.8 Å². The summed E-state index contributed by atoms with van der Waals surface area (Å²) in [6.07, 6.45) is 2.65. The smallest absolute Gasteiger partial charge is 0.274 e. The summed E-state index contributed by atoms with van der Waals surface area (Å²) < 4.78 is 1.76. The summed E-state index contributed by atoms with van der Waals surface area (Å²) in [6.45, 7) is 8.98. The van der Waals surface area contributed by atoms with Gasteiger partial charge in [-0.1, -0.05) is 0 Å². The fraction of sp³-hybridized carbons (Fsp3) is 0.706. The lowest BCUT2D eigenvalue weighted by Crippen LogP contribution is -2.59. The van der Waals surface area contributed by atoms with Crippen LogP contribution in [-0.2, 0) is 11.3 Å². The number of carbonyl (C=O) groups excluding carboxylic acids is 2. The van der Waals surface area contributed by atoms with Crippen molar-refractivity contribution in [1.29, 1.82) is 0 Å². The summed E-state index contributed by atoms with van der Waals surface area (Å²) in [5.41, 5.74) is 0.559. The average molecular weight is 333 g/mol. The maximum Gasteiger partial charge on any atom is 0.274 e. The molecule has 1 N–H and O–H groups in total. The first-order valence-electron chi connectivity index (χ1n) is 8.67. The first kappa shape index (κ1) is 17.0. The van der Waals surface area contributed by atoms with E-state index in [1.165, 1.54) is 0 Å². The number of nitrogens with one attached hydrogen (secondary N) is 1. The number of hydrogen-bond donors (Lipinski definition) is 1. The molecular formula is C17H27N5O2. The van der Waals surface area contributed by atoms with Gasteiger partial charge in [0.15, 0.2) is 0 Å². The number of rotatable bonds is 4. The Morgan fingerprint density at radius 3 is 2.67 bits per heavy atom. The van der Waals surface area contributed by atoms with Crippen molar-refractivity contribution in [3.05, 3.63) is 18.0 Å². The average Bonchev–Trinajstić information content (AvgIpc) is 3.08. The fourth-order valence-corrected chi connectivity index (χ4v) is 3.89. The molecule has 7 nitrogen and oxygen atoms in total. The van der Waals surface area contributed by atoms with Crippen LogP contribution in [-0.4, -0.2) is 70.2 Å². The van der Waals surface area contributed by atoms with Crippen molar-refractivity contribution in [2.24, 2.45) is 5.41 Å². The van der Waals surface area contributed by atoms with Gasteiger partial charge in [0.25, 0.3) is 5.91 Å². The van der Waals surface area contributed by atoms with Crippen molar-refractivity contribution in [3.8, 4) is 0 Å². The fourth-order valence-electron chi connectivity index (χ4n) is 3.89. The lowest BCUT2D eigenvalue weighted by Gasteiger charge is -2.47. The van der Waals surface area contributed by atoms with E-state index in [1.54, 1.807) is 10.7 Å². The highest BCUT2D eigenvalue weighted by Gasteiger charge is 2.53. The maximum absolute atomic E-state index is 12.5. The highest BCUT2D eigenvalue weighted by molar-refractivity contribution is 5.93. The van der Waals surface area contributed by atoms with E-state index in [1.807, 2.05) is 38.9 Å². The number of nitrogens with zero attached hydrogens (tertiary/aromatic N) is 4. The Balaban J connectivity index is 1.59.